The van der Waals surface area contributed by atoms with Gasteiger partial charge in [-0.25, -0.2) is 9.79 Å². The number of benzene rings is 1. The van der Waals surface area contributed by atoms with Gasteiger partial charge in [0, 0.05) is 14.2 Å². The number of hydrogen-bond donors (Lipinski definition) is 0. The molecule has 0 N–H and O–H groups in total. The van der Waals surface area contributed by atoms with E-state index in [4.69, 9.17) is 8.85 Å². The van der Waals surface area contributed by atoms with Crippen molar-refractivity contribution in [1.82, 2.24) is 0 Å². The number of nitrogens with zero attached hydrogens (tertiary/aromatic N) is 1. The molecule has 0 heterocycles. The summed E-state index contributed by atoms with van der Waals surface area (Å²) < 4.78 is 11.3. The first-order valence-corrected chi connectivity index (χ1v) is 7.51. The number of aliphatic imine (C=N–C) groups is 1. The minimum absolute atomic E-state index is 0.470. The summed E-state index contributed by atoms with van der Waals surface area (Å²) in [7, 11) is 0.985. The molecule has 17 heavy (non-hydrogen) atoms. The van der Waals surface area contributed by atoms with Gasteiger partial charge in [0.05, 0.1) is 6.54 Å². The average molecular weight is 251 g/mol. The van der Waals surface area contributed by atoms with Crippen LogP contribution in [-0.2, 0) is 13.6 Å². The Morgan fingerprint density at radius 2 is 1.88 bits per heavy atom. The molecule has 1 rings (SSSR count). The van der Waals surface area contributed by atoms with Crippen LogP contribution in [0.1, 0.15) is 6.42 Å². The Labute approximate surface area is 103 Å². The van der Waals surface area contributed by atoms with E-state index < -0.39 is 8.56 Å². The van der Waals surface area contributed by atoms with E-state index >= 15 is 0 Å². The summed E-state index contributed by atoms with van der Waals surface area (Å²) in [5, 5.41) is 1.10. The van der Waals surface area contributed by atoms with Gasteiger partial charge in [-0.3, -0.25) is 0 Å². The van der Waals surface area contributed by atoms with Gasteiger partial charge in [-0.05, 0) is 17.7 Å². The topological polar surface area (TPSA) is 47.9 Å². The molecule has 0 amide bonds. The zero-order valence-electron chi connectivity index (χ0n) is 10.2. The second-order valence-corrected chi connectivity index (χ2v) is 7.00. The van der Waals surface area contributed by atoms with Gasteiger partial charge >= 0.3 is 8.56 Å². The third-order valence-corrected chi connectivity index (χ3v) is 6.26. The summed E-state index contributed by atoms with van der Waals surface area (Å²) in [4.78, 5) is 13.5. The van der Waals surface area contributed by atoms with Crippen LogP contribution in [0.2, 0.25) is 6.04 Å². The number of isocyanates is 1. The van der Waals surface area contributed by atoms with Crippen molar-refractivity contribution in [2.75, 3.05) is 20.8 Å². The van der Waals surface area contributed by atoms with Crippen molar-refractivity contribution in [2.24, 2.45) is 4.99 Å². The zero-order valence-corrected chi connectivity index (χ0v) is 11.2. The maximum absolute atomic E-state index is 10.00. The standard InChI is InChI=1S/C12H17NO3Si/c1-15-17(16-2,10-6-9-13-11-14)12-7-4-3-5-8-12/h3-5,7-8H,6,9-10H2,1-2H3. The van der Waals surface area contributed by atoms with Crippen molar-refractivity contribution in [1.29, 1.82) is 0 Å². The molecule has 0 saturated heterocycles. The lowest BCUT2D eigenvalue weighted by molar-refractivity contribution is 0.256. The quantitative estimate of drug-likeness (QED) is 0.318. The van der Waals surface area contributed by atoms with Crippen LogP contribution in [-0.4, -0.2) is 35.4 Å². The summed E-state index contributed by atoms with van der Waals surface area (Å²) >= 11 is 0. The van der Waals surface area contributed by atoms with Crippen molar-refractivity contribution < 1.29 is 13.6 Å². The Morgan fingerprint density at radius 1 is 1.24 bits per heavy atom. The van der Waals surface area contributed by atoms with Gasteiger partial charge in [0.15, 0.2) is 0 Å². The third-order valence-electron chi connectivity index (χ3n) is 2.71. The van der Waals surface area contributed by atoms with Crippen LogP contribution in [0.4, 0.5) is 0 Å². The molecule has 0 aliphatic carbocycles. The van der Waals surface area contributed by atoms with Gasteiger partial charge in [0.1, 0.15) is 0 Å². The van der Waals surface area contributed by atoms with E-state index in [1.54, 1.807) is 14.2 Å². The molecule has 92 valence electrons. The van der Waals surface area contributed by atoms with E-state index in [1.165, 1.54) is 6.08 Å². The molecule has 0 saturated carbocycles. The predicted molar refractivity (Wildman–Crippen MR) is 68.3 cm³/mol. The van der Waals surface area contributed by atoms with Crippen molar-refractivity contribution >= 4 is 19.8 Å². The highest BCUT2D eigenvalue weighted by atomic mass is 28.4. The number of rotatable bonds is 7. The average Bonchev–Trinajstić information content (AvgIpc) is 2.41. The highest BCUT2D eigenvalue weighted by Crippen LogP contribution is 2.14. The summed E-state index contributed by atoms with van der Waals surface area (Å²) in [5.41, 5.74) is 0. The SMILES string of the molecule is CO[Si](CCCN=C=O)(OC)c1ccccc1. The third kappa shape index (κ3) is 3.61. The molecule has 0 radical (unpaired) electrons. The van der Waals surface area contributed by atoms with E-state index in [0.29, 0.717) is 6.54 Å². The molecule has 4 nitrogen and oxygen atoms in total. The summed E-state index contributed by atoms with van der Waals surface area (Å²) in [6, 6.07) is 10.7. The van der Waals surface area contributed by atoms with Gasteiger partial charge in [-0.1, -0.05) is 30.3 Å². The second-order valence-electron chi connectivity index (χ2n) is 3.60. The first kappa shape index (κ1) is 13.8. The van der Waals surface area contributed by atoms with Crippen LogP contribution >= 0.6 is 0 Å². The van der Waals surface area contributed by atoms with Crippen molar-refractivity contribution in [2.45, 2.75) is 12.5 Å². The van der Waals surface area contributed by atoms with Crippen LogP contribution in [0.15, 0.2) is 35.3 Å². The molecule has 0 aromatic heterocycles. The maximum Gasteiger partial charge on any atom is 0.372 e. The Morgan fingerprint density at radius 3 is 2.41 bits per heavy atom. The van der Waals surface area contributed by atoms with Crippen molar-refractivity contribution in [3.63, 3.8) is 0 Å². The van der Waals surface area contributed by atoms with Crippen molar-refractivity contribution in [3.8, 4) is 0 Å². The smallest absolute Gasteiger partial charge is 0.372 e. The molecule has 0 unspecified atom stereocenters. The first-order chi connectivity index (χ1) is 8.29. The lowest BCUT2D eigenvalue weighted by atomic mass is 10.4. The fourth-order valence-electron chi connectivity index (χ4n) is 1.80. The zero-order chi connectivity index (χ0) is 12.6. The minimum Gasteiger partial charge on any atom is -0.394 e. The molecule has 0 aliphatic rings. The predicted octanol–water partition coefficient (Wildman–Crippen LogP) is 1.35. The van der Waals surface area contributed by atoms with Crippen LogP contribution in [0.5, 0.6) is 0 Å². The highest BCUT2D eigenvalue weighted by Gasteiger charge is 2.37. The Kier molecular flexibility index (Phi) is 5.80. The van der Waals surface area contributed by atoms with Crippen LogP contribution in [0.3, 0.4) is 0 Å². The number of hydrogen-bond acceptors (Lipinski definition) is 4. The molecule has 0 spiro atoms. The molecular formula is C12H17NO3Si. The second kappa shape index (κ2) is 7.14. The monoisotopic (exact) mass is 251 g/mol. The Bertz CT molecular complexity index is 373. The fraction of sp³-hybridized carbons (Fsp3) is 0.417. The largest absolute Gasteiger partial charge is 0.394 e. The van der Waals surface area contributed by atoms with E-state index in [1.807, 2.05) is 30.3 Å². The molecule has 0 atom stereocenters. The summed E-state index contributed by atoms with van der Waals surface area (Å²) in [5.74, 6) is 0. The van der Waals surface area contributed by atoms with Gasteiger partial charge < -0.3 is 8.85 Å². The normalized spacial score (nSPS) is 10.9. The Hall–Kier alpha value is -1.26. The fourth-order valence-corrected chi connectivity index (χ4v) is 4.45. The molecule has 0 aliphatic heterocycles. The molecular weight excluding hydrogens is 234 g/mol. The Balaban J connectivity index is 2.78. The minimum atomic E-state index is -2.36. The van der Waals surface area contributed by atoms with Crippen LogP contribution in [0.25, 0.3) is 0 Å². The maximum atomic E-state index is 10.00. The highest BCUT2D eigenvalue weighted by molar-refractivity contribution is 6.81. The lowest BCUT2D eigenvalue weighted by Gasteiger charge is -2.27. The molecule has 1 aromatic rings. The summed E-state index contributed by atoms with van der Waals surface area (Å²) in [6.45, 7) is 0.470. The first-order valence-electron chi connectivity index (χ1n) is 5.48. The van der Waals surface area contributed by atoms with Crippen molar-refractivity contribution in [3.05, 3.63) is 30.3 Å². The molecule has 5 heteroatoms. The molecule has 0 bridgehead atoms. The van der Waals surface area contributed by atoms with Gasteiger partial charge in [-0.2, -0.15) is 0 Å². The number of carbonyl (C=O) groups excluding carboxylic acids is 1. The van der Waals surface area contributed by atoms with Gasteiger partial charge in [-0.15, -0.1) is 0 Å². The van der Waals surface area contributed by atoms with Crippen LogP contribution in [0, 0.1) is 0 Å². The van der Waals surface area contributed by atoms with E-state index in [0.717, 1.165) is 17.7 Å². The lowest BCUT2D eigenvalue weighted by Crippen LogP contribution is -2.52. The van der Waals surface area contributed by atoms with Gasteiger partial charge in [0.2, 0.25) is 6.08 Å². The van der Waals surface area contributed by atoms with Crippen LogP contribution < -0.4 is 5.19 Å². The molecule has 1 aromatic carbocycles. The van der Waals surface area contributed by atoms with E-state index in [-0.39, 0.29) is 0 Å². The van der Waals surface area contributed by atoms with E-state index in [9.17, 15) is 4.79 Å². The van der Waals surface area contributed by atoms with Gasteiger partial charge in [0.25, 0.3) is 0 Å². The van der Waals surface area contributed by atoms with E-state index in [2.05, 4.69) is 4.99 Å². The molecule has 0 fully saturated rings. The summed E-state index contributed by atoms with van der Waals surface area (Å²) in [6.07, 6.45) is 2.30.